The van der Waals surface area contributed by atoms with Crippen LogP contribution in [0.3, 0.4) is 0 Å². The van der Waals surface area contributed by atoms with Gasteiger partial charge in [0.25, 0.3) is 0 Å². The fourth-order valence-electron chi connectivity index (χ4n) is 4.55. The lowest BCUT2D eigenvalue weighted by Crippen LogP contribution is -2.47. The molecule has 0 spiro atoms. The Bertz CT molecular complexity index is 1660. The van der Waals surface area contributed by atoms with Gasteiger partial charge in [0.05, 0.1) is 63.7 Å². The van der Waals surface area contributed by atoms with Gasteiger partial charge in [0.15, 0.2) is 0 Å². The summed E-state index contributed by atoms with van der Waals surface area (Å²) in [5, 5.41) is 0. The molecule has 0 aliphatic heterocycles. The van der Waals surface area contributed by atoms with E-state index >= 15 is 0 Å². The van der Waals surface area contributed by atoms with E-state index in [1.165, 1.54) is 0 Å². The van der Waals surface area contributed by atoms with Gasteiger partial charge in [-0.25, -0.2) is 47.9 Å². The van der Waals surface area contributed by atoms with Gasteiger partial charge in [0.2, 0.25) is 0 Å². The van der Waals surface area contributed by atoms with Crippen molar-refractivity contribution in [2.24, 2.45) is 10.8 Å². The van der Waals surface area contributed by atoms with Crippen molar-refractivity contribution in [1.29, 1.82) is 0 Å². The minimum Gasteiger partial charge on any atom is -0.463 e. The van der Waals surface area contributed by atoms with Crippen LogP contribution in [0.15, 0.2) is 127 Å². The largest absolute Gasteiger partial charge is 0.463 e. The van der Waals surface area contributed by atoms with E-state index in [4.69, 9.17) is 52.1 Å². The predicted molar refractivity (Wildman–Crippen MR) is 267 cm³/mol. The van der Waals surface area contributed by atoms with Crippen LogP contribution in [-0.2, 0) is 110 Å². The predicted octanol–water partition coefficient (Wildman–Crippen LogP) is 3.83. The van der Waals surface area contributed by atoms with Crippen LogP contribution < -0.4 is 0 Å². The maximum absolute atomic E-state index is 11.8. The fraction of sp³-hybridized carbons (Fsp3) is 0.423. The van der Waals surface area contributed by atoms with E-state index in [1.807, 2.05) is 0 Å². The van der Waals surface area contributed by atoms with Crippen molar-refractivity contribution in [2.75, 3.05) is 106 Å². The molecule has 0 aromatic carbocycles. The smallest absolute Gasteiger partial charge is 0.330 e. The van der Waals surface area contributed by atoms with E-state index in [0.29, 0.717) is 39.6 Å². The molecule has 0 unspecified atom stereocenters. The minimum atomic E-state index is -1.49. The molecule has 0 aromatic heterocycles. The first-order valence-electron chi connectivity index (χ1n) is 22.5. The maximum Gasteiger partial charge on any atom is 0.330 e. The lowest BCUT2D eigenvalue weighted by Gasteiger charge is -2.35. The van der Waals surface area contributed by atoms with Gasteiger partial charge >= 0.3 is 59.7 Å². The van der Waals surface area contributed by atoms with Gasteiger partial charge in [-0.3, -0.25) is 0 Å². The third-order valence-corrected chi connectivity index (χ3v) is 8.45. The van der Waals surface area contributed by atoms with Crippen LogP contribution in [0.2, 0.25) is 0 Å². The molecule has 0 atom stereocenters. The number of hydrogen-bond acceptors (Lipinski definition) is 23. The molecule has 0 amide bonds. The van der Waals surface area contributed by atoms with E-state index in [9.17, 15) is 47.9 Å². The molecule has 0 aliphatic carbocycles. The van der Waals surface area contributed by atoms with Crippen LogP contribution in [0, 0.1) is 10.8 Å². The van der Waals surface area contributed by atoms with E-state index in [1.54, 1.807) is 0 Å². The molecule has 0 bridgehead atoms. The van der Waals surface area contributed by atoms with Gasteiger partial charge in [-0.15, -0.1) is 0 Å². The zero-order valence-corrected chi connectivity index (χ0v) is 42.4. The summed E-state index contributed by atoms with van der Waals surface area (Å²) in [7, 11) is 0. The molecule has 23 nitrogen and oxygen atoms in total. The first-order valence-corrected chi connectivity index (χ1v) is 22.5. The van der Waals surface area contributed by atoms with Gasteiger partial charge in [-0.05, 0) is 25.7 Å². The van der Waals surface area contributed by atoms with Gasteiger partial charge < -0.3 is 61.6 Å². The Hall–Kier alpha value is -8.02. The Morgan fingerprint density at radius 1 is 0.227 bits per heavy atom. The van der Waals surface area contributed by atoms with Gasteiger partial charge in [-0.1, -0.05) is 65.8 Å². The van der Waals surface area contributed by atoms with Crippen molar-refractivity contribution in [2.45, 2.75) is 25.7 Å². The molecule has 75 heavy (non-hydrogen) atoms. The molecular weight excluding hydrogens is 993 g/mol. The Morgan fingerprint density at radius 2 is 0.413 bits per heavy atom. The standard InChI is InChI=1S/C28H34O13.C12H18O6.C12H18O4/c1-7-21(29)36-15-27(16-37-22(30)8-2,17-38-23(31)9-3)13-35-14-28(18-39-24(32)10-4,19-40-25(33)11-5)20-41-26(34)12-6;1-3-11(13)17-9-7-15-5-6-16-8-10-18-12(14)4-2;1-3-11(13)15-9-7-5-6-8-10-16-12(14)4-2/h7-12H,1-6,13-20H2;3-4H,1-2,5-10H2;3-4H,1-2,5-10H2. The SMILES string of the molecule is C=CC(=O)OCC(COCC(COC(=O)C=C)(COC(=O)C=C)COC(=O)C=C)(COC(=O)C=C)COC(=O)C=C.C=CC(=O)OCCCCCCOC(=O)C=C.C=CC(=O)OCCOCCOCCOC(=O)C=C. The molecule has 0 aromatic rings. The highest BCUT2D eigenvalue weighted by atomic mass is 16.6. The number of ether oxygens (including phenoxy) is 13. The second kappa shape index (κ2) is 47.0. The number of esters is 10. The Kier molecular flexibility index (Phi) is 44.7. The molecule has 23 heteroatoms. The third-order valence-electron chi connectivity index (χ3n) is 8.45. The van der Waals surface area contributed by atoms with Crippen LogP contribution in [0.4, 0.5) is 0 Å². The van der Waals surface area contributed by atoms with E-state index in [-0.39, 0.29) is 25.2 Å². The number of carbonyl (C=O) groups is 10. The van der Waals surface area contributed by atoms with E-state index in [2.05, 4.69) is 75.3 Å². The van der Waals surface area contributed by atoms with Crippen molar-refractivity contribution in [3.8, 4) is 0 Å². The van der Waals surface area contributed by atoms with Crippen LogP contribution in [0.5, 0.6) is 0 Å². The van der Waals surface area contributed by atoms with Crippen molar-refractivity contribution in [3.63, 3.8) is 0 Å². The average Bonchev–Trinajstić information content (AvgIpc) is 3.43. The topological polar surface area (TPSA) is 291 Å². The molecule has 416 valence electrons. The molecule has 0 heterocycles. The summed E-state index contributed by atoms with van der Waals surface area (Å²) in [5.41, 5.74) is -2.98. The molecule has 0 rings (SSSR count). The average molecular weight is 1060 g/mol. The number of unbranched alkanes of at least 4 members (excludes halogenated alkanes) is 3. The summed E-state index contributed by atoms with van der Waals surface area (Å²) in [4.78, 5) is 113. The first-order chi connectivity index (χ1) is 35.8. The summed E-state index contributed by atoms with van der Waals surface area (Å²) >= 11 is 0. The Morgan fingerprint density at radius 3 is 0.627 bits per heavy atom. The zero-order chi connectivity index (χ0) is 57.2. The highest BCUT2D eigenvalue weighted by Crippen LogP contribution is 2.26. The number of carbonyl (C=O) groups excluding carboxylic acids is 10. The van der Waals surface area contributed by atoms with Crippen molar-refractivity contribution in [3.05, 3.63) is 127 Å². The number of hydrogen-bond donors (Lipinski definition) is 0. The van der Waals surface area contributed by atoms with Crippen LogP contribution >= 0.6 is 0 Å². The molecular formula is C52H70O23. The molecule has 0 saturated heterocycles. The molecule has 0 fully saturated rings. The Labute approximate surface area is 437 Å². The first kappa shape index (κ1) is 71.2. The molecule has 0 saturated carbocycles. The highest BCUT2D eigenvalue weighted by molar-refractivity contribution is 5.84. The van der Waals surface area contributed by atoms with E-state index < -0.39 is 111 Å². The normalized spacial score (nSPS) is 10.0. The van der Waals surface area contributed by atoms with Crippen LogP contribution in [0.25, 0.3) is 0 Å². The zero-order valence-electron chi connectivity index (χ0n) is 42.4. The Balaban J connectivity index is -0.00000124. The quantitative estimate of drug-likeness (QED) is 0.0363. The second-order valence-electron chi connectivity index (χ2n) is 14.5. The molecule has 0 radical (unpaired) electrons. The maximum atomic E-state index is 11.8. The van der Waals surface area contributed by atoms with Gasteiger partial charge in [-0.2, -0.15) is 0 Å². The fourth-order valence-corrected chi connectivity index (χ4v) is 4.55. The summed E-state index contributed by atoms with van der Waals surface area (Å²) in [5.74, 6) is -6.74. The lowest BCUT2D eigenvalue weighted by molar-refractivity contribution is -0.170. The van der Waals surface area contributed by atoms with Crippen molar-refractivity contribution >= 4 is 59.7 Å². The molecule has 0 N–H and O–H groups in total. The van der Waals surface area contributed by atoms with Gasteiger partial charge in [0.1, 0.15) is 52.9 Å². The summed E-state index contributed by atoms with van der Waals surface area (Å²) in [6.07, 6.45) is 13.3. The monoisotopic (exact) mass is 1060 g/mol. The van der Waals surface area contributed by atoms with Crippen molar-refractivity contribution < 1.29 is 110 Å². The highest BCUT2D eigenvalue weighted by Gasteiger charge is 2.40. The third kappa shape index (κ3) is 42.2. The van der Waals surface area contributed by atoms with Crippen LogP contribution in [-0.4, -0.2) is 165 Å². The summed E-state index contributed by atoms with van der Waals surface area (Å²) in [6, 6.07) is 0. The van der Waals surface area contributed by atoms with Gasteiger partial charge in [0, 0.05) is 60.8 Å². The number of rotatable bonds is 42. The van der Waals surface area contributed by atoms with Crippen LogP contribution in [0.1, 0.15) is 25.7 Å². The summed E-state index contributed by atoms with van der Waals surface area (Å²) in [6.45, 7) is 31.7. The minimum absolute atomic E-state index is 0.182. The van der Waals surface area contributed by atoms with Crippen molar-refractivity contribution in [1.82, 2.24) is 0 Å². The summed E-state index contributed by atoms with van der Waals surface area (Å²) < 4.78 is 65.9. The molecule has 0 aliphatic rings. The lowest BCUT2D eigenvalue weighted by atomic mass is 9.90. The van der Waals surface area contributed by atoms with E-state index in [0.717, 1.165) is 86.4 Å². The second-order valence-corrected chi connectivity index (χ2v) is 14.5.